The van der Waals surface area contributed by atoms with E-state index in [1.807, 2.05) is 4.90 Å². The Labute approximate surface area is 109 Å². The quantitative estimate of drug-likeness (QED) is 0.793. The number of carboxylic acid groups (broad SMARTS) is 1. The second-order valence-corrected chi connectivity index (χ2v) is 5.24. The van der Waals surface area contributed by atoms with Crippen molar-refractivity contribution < 1.29 is 14.7 Å². The van der Waals surface area contributed by atoms with Gasteiger partial charge in [0, 0.05) is 25.4 Å². The molecule has 104 valence electrons. The normalized spacial score (nSPS) is 20.2. The largest absolute Gasteiger partial charge is 0.481 e. The highest BCUT2D eigenvalue weighted by atomic mass is 16.4. The molecule has 0 aromatic carbocycles. The molecule has 1 fully saturated rings. The average molecular weight is 255 g/mol. The molecular weight excluding hydrogens is 230 g/mol. The van der Waals surface area contributed by atoms with Gasteiger partial charge in [-0.25, -0.2) is 0 Å². The van der Waals surface area contributed by atoms with E-state index in [0.717, 1.165) is 38.8 Å². The number of carboxylic acids is 1. The fourth-order valence-corrected chi connectivity index (χ4v) is 2.72. The van der Waals surface area contributed by atoms with Crippen molar-refractivity contribution in [2.75, 3.05) is 13.1 Å². The first-order valence-corrected chi connectivity index (χ1v) is 7.09. The Bertz CT molecular complexity index is 287. The fourth-order valence-electron chi connectivity index (χ4n) is 2.72. The van der Waals surface area contributed by atoms with Crippen LogP contribution in [-0.2, 0) is 9.59 Å². The summed E-state index contributed by atoms with van der Waals surface area (Å²) in [4.78, 5) is 24.8. The molecule has 0 aromatic heterocycles. The topological polar surface area (TPSA) is 57.6 Å². The van der Waals surface area contributed by atoms with Gasteiger partial charge in [0.25, 0.3) is 0 Å². The molecular formula is C14H25NO3. The van der Waals surface area contributed by atoms with Gasteiger partial charge in [-0.1, -0.05) is 13.8 Å². The number of amides is 1. The molecule has 18 heavy (non-hydrogen) atoms. The van der Waals surface area contributed by atoms with Gasteiger partial charge in [0.2, 0.25) is 5.91 Å². The number of hydrogen-bond acceptors (Lipinski definition) is 2. The summed E-state index contributed by atoms with van der Waals surface area (Å²) in [5.74, 6) is 0.0369. The van der Waals surface area contributed by atoms with Crippen LogP contribution in [0.4, 0.5) is 0 Å². The lowest BCUT2D eigenvalue weighted by Gasteiger charge is -2.34. The third-order valence-corrected chi connectivity index (χ3v) is 3.93. The van der Waals surface area contributed by atoms with E-state index in [9.17, 15) is 9.59 Å². The van der Waals surface area contributed by atoms with Crippen LogP contribution in [-0.4, -0.2) is 35.0 Å². The Balaban J connectivity index is 2.47. The van der Waals surface area contributed by atoms with Gasteiger partial charge in [-0.2, -0.15) is 0 Å². The van der Waals surface area contributed by atoms with E-state index in [4.69, 9.17) is 5.11 Å². The summed E-state index contributed by atoms with van der Waals surface area (Å²) in [6.07, 6.45) is 4.77. The molecule has 1 amide bonds. The van der Waals surface area contributed by atoms with Crippen molar-refractivity contribution in [1.29, 1.82) is 0 Å². The number of carbonyl (C=O) groups is 2. The van der Waals surface area contributed by atoms with Gasteiger partial charge in [0.05, 0.1) is 0 Å². The van der Waals surface area contributed by atoms with Gasteiger partial charge in [-0.3, -0.25) is 9.59 Å². The number of likely N-dealkylation sites (tertiary alicyclic amines) is 1. The molecule has 4 nitrogen and oxygen atoms in total. The Morgan fingerprint density at radius 3 is 2.56 bits per heavy atom. The SMILES string of the molecule is CCC(CC)C(=O)N1CCCC(CCC(=O)O)C1. The lowest BCUT2D eigenvalue weighted by Crippen LogP contribution is -2.42. The summed E-state index contributed by atoms with van der Waals surface area (Å²) in [7, 11) is 0. The third-order valence-electron chi connectivity index (χ3n) is 3.93. The maximum atomic E-state index is 12.3. The van der Waals surface area contributed by atoms with E-state index in [1.54, 1.807) is 0 Å². The molecule has 0 aromatic rings. The van der Waals surface area contributed by atoms with Crippen LogP contribution in [0.5, 0.6) is 0 Å². The summed E-state index contributed by atoms with van der Waals surface area (Å²) in [5.41, 5.74) is 0. The molecule has 4 heteroatoms. The summed E-state index contributed by atoms with van der Waals surface area (Å²) >= 11 is 0. The first kappa shape index (κ1) is 15.0. The highest BCUT2D eigenvalue weighted by molar-refractivity contribution is 5.78. The minimum absolute atomic E-state index is 0.142. The molecule has 1 saturated heterocycles. The lowest BCUT2D eigenvalue weighted by molar-refractivity contribution is -0.138. The van der Waals surface area contributed by atoms with Crippen molar-refractivity contribution in [3.63, 3.8) is 0 Å². The predicted molar refractivity (Wildman–Crippen MR) is 70.2 cm³/mol. The molecule has 0 spiro atoms. The van der Waals surface area contributed by atoms with Gasteiger partial charge in [0.15, 0.2) is 0 Å². The standard InChI is InChI=1S/C14H25NO3/c1-3-12(4-2)14(18)15-9-5-6-11(10-15)7-8-13(16)17/h11-12H,3-10H2,1-2H3,(H,16,17). The number of hydrogen-bond donors (Lipinski definition) is 1. The highest BCUT2D eigenvalue weighted by Gasteiger charge is 2.27. The molecule has 1 heterocycles. The molecule has 1 N–H and O–H groups in total. The van der Waals surface area contributed by atoms with Gasteiger partial charge in [0.1, 0.15) is 0 Å². The third kappa shape index (κ3) is 4.31. The minimum Gasteiger partial charge on any atom is -0.481 e. The Morgan fingerprint density at radius 2 is 2.00 bits per heavy atom. The van der Waals surface area contributed by atoms with Gasteiger partial charge < -0.3 is 10.0 Å². The van der Waals surface area contributed by atoms with Crippen LogP contribution in [0.15, 0.2) is 0 Å². The summed E-state index contributed by atoms with van der Waals surface area (Å²) in [6, 6.07) is 0. The van der Waals surface area contributed by atoms with Crippen molar-refractivity contribution in [2.24, 2.45) is 11.8 Å². The van der Waals surface area contributed by atoms with Gasteiger partial charge in [-0.15, -0.1) is 0 Å². The Hall–Kier alpha value is -1.06. The molecule has 0 aliphatic carbocycles. The average Bonchev–Trinajstić information content (AvgIpc) is 2.38. The van der Waals surface area contributed by atoms with Gasteiger partial charge in [-0.05, 0) is 38.0 Å². The highest BCUT2D eigenvalue weighted by Crippen LogP contribution is 2.23. The number of piperidine rings is 1. The summed E-state index contributed by atoms with van der Waals surface area (Å²) in [6.45, 7) is 5.71. The first-order valence-electron chi connectivity index (χ1n) is 7.09. The zero-order valence-electron chi connectivity index (χ0n) is 11.5. The molecule has 1 rings (SSSR count). The van der Waals surface area contributed by atoms with Crippen LogP contribution in [0, 0.1) is 11.8 Å². The van der Waals surface area contributed by atoms with E-state index >= 15 is 0 Å². The Morgan fingerprint density at radius 1 is 1.33 bits per heavy atom. The lowest BCUT2D eigenvalue weighted by atomic mass is 9.92. The van der Waals surface area contributed by atoms with E-state index < -0.39 is 5.97 Å². The molecule has 1 aliphatic heterocycles. The molecule has 1 aliphatic rings. The summed E-state index contributed by atoms with van der Waals surface area (Å²) in [5, 5.41) is 8.70. The van der Waals surface area contributed by atoms with Crippen LogP contribution in [0.3, 0.4) is 0 Å². The van der Waals surface area contributed by atoms with E-state index in [1.165, 1.54) is 0 Å². The maximum Gasteiger partial charge on any atom is 0.303 e. The van der Waals surface area contributed by atoms with Crippen LogP contribution in [0.1, 0.15) is 52.4 Å². The van der Waals surface area contributed by atoms with Crippen molar-refractivity contribution in [1.82, 2.24) is 4.90 Å². The second kappa shape index (κ2) is 7.39. The molecule has 0 saturated carbocycles. The van der Waals surface area contributed by atoms with Crippen LogP contribution in [0.2, 0.25) is 0 Å². The number of rotatable bonds is 6. The monoisotopic (exact) mass is 255 g/mol. The minimum atomic E-state index is -0.738. The number of aliphatic carboxylic acids is 1. The predicted octanol–water partition coefficient (Wildman–Crippen LogP) is 2.53. The maximum absolute atomic E-state index is 12.3. The van der Waals surface area contributed by atoms with Crippen LogP contribution >= 0.6 is 0 Å². The molecule has 1 atom stereocenters. The Kier molecular flexibility index (Phi) is 6.16. The van der Waals surface area contributed by atoms with Crippen LogP contribution in [0.25, 0.3) is 0 Å². The zero-order valence-corrected chi connectivity index (χ0v) is 11.5. The molecule has 1 unspecified atom stereocenters. The van der Waals surface area contributed by atoms with E-state index in [-0.39, 0.29) is 18.2 Å². The number of carbonyl (C=O) groups excluding carboxylic acids is 1. The molecule has 0 radical (unpaired) electrons. The smallest absolute Gasteiger partial charge is 0.303 e. The van der Waals surface area contributed by atoms with Crippen molar-refractivity contribution in [3.8, 4) is 0 Å². The van der Waals surface area contributed by atoms with Crippen molar-refractivity contribution >= 4 is 11.9 Å². The molecule has 0 bridgehead atoms. The van der Waals surface area contributed by atoms with Gasteiger partial charge >= 0.3 is 5.97 Å². The first-order chi connectivity index (χ1) is 8.58. The fraction of sp³-hybridized carbons (Fsp3) is 0.857. The van der Waals surface area contributed by atoms with E-state index in [0.29, 0.717) is 12.3 Å². The zero-order chi connectivity index (χ0) is 13.5. The number of nitrogens with zero attached hydrogens (tertiary/aromatic N) is 1. The van der Waals surface area contributed by atoms with E-state index in [2.05, 4.69) is 13.8 Å². The van der Waals surface area contributed by atoms with Crippen LogP contribution < -0.4 is 0 Å². The summed E-state index contributed by atoms with van der Waals surface area (Å²) < 4.78 is 0. The second-order valence-electron chi connectivity index (χ2n) is 5.24. The van der Waals surface area contributed by atoms with Crippen molar-refractivity contribution in [3.05, 3.63) is 0 Å². The van der Waals surface area contributed by atoms with Crippen molar-refractivity contribution in [2.45, 2.75) is 52.4 Å².